The summed E-state index contributed by atoms with van der Waals surface area (Å²) in [6, 6.07) is 11.7. The minimum Gasteiger partial charge on any atom is -0.481 e. The molecule has 2 atom stereocenters. The highest BCUT2D eigenvalue weighted by Crippen LogP contribution is 2.21. The molecule has 2 rings (SSSR count). The van der Waals surface area contributed by atoms with Crippen molar-refractivity contribution < 1.29 is 24.6 Å². The lowest BCUT2D eigenvalue weighted by atomic mass is 9.99. The molecule has 0 aliphatic heterocycles. The molecule has 0 bridgehead atoms. The zero-order chi connectivity index (χ0) is 23.0. The van der Waals surface area contributed by atoms with Crippen LogP contribution < -0.4 is 22.1 Å². The number of nitrogens with two attached hydrogens (primary N) is 2. The van der Waals surface area contributed by atoms with Gasteiger partial charge in [0.2, 0.25) is 5.91 Å². The SMILES string of the molecule is NC(N)=Nc1cccc(C(=O)NCC(=O)NC(CC(=O)O)C(O)c2ccc(Br)cc2)c1. The van der Waals surface area contributed by atoms with Crippen molar-refractivity contribution in [2.45, 2.75) is 18.6 Å². The fourth-order valence-corrected chi connectivity index (χ4v) is 2.97. The van der Waals surface area contributed by atoms with Crippen molar-refractivity contribution >= 4 is 45.4 Å². The first-order valence-electron chi connectivity index (χ1n) is 9.08. The average molecular weight is 492 g/mol. The van der Waals surface area contributed by atoms with E-state index in [2.05, 4.69) is 31.6 Å². The Kier molecular flexibility index (Phi) is 8.53. The average Bonchev–Trinajstić information content (AvgIpc) is 2.71. The number of carboxylic acid groups (broad SMARTS) is 1. The van der Waals surface area contributed by atoms with Gasteiger partial charge in [-0.05, 0) is 35.9 Å². The number of rotatable bonds is 9. The summed E-state index contributed by atoms with van der Waals surface area (Å²) in [5.74, 6) is -2.56. The van der Waals surface area contributed by atoms with Crippen molar-refractivity contribution in [3.63, 3.8) is 0 Å². The van der Waals surface area contributed by atoms with E-state index in [1.165, 1.54) is 12.1 Å². The van der Waals surface area contributed by atoms with E-state index in [4.69, 9.17) is 16.6 Å². The van der Waals surface area contributed by atoms with E-state index >= 15 is 0 Å². The number of carbonyl (C=O) groups excluding carboxylic acids is 2. The van der Waals surface area contributed by atoms with Gasteiger partial charge in [0.1, 0.15) is 0 Å². The third-order valence-corrected chi connectivity index (χ3v) is 4.64. The summed E-state index contributed by atoms with van der Waals surface area (Å²) in [4.78, 5) is 39.6. The molecule has 0 aliphatic rings. The Hall–Kier alpha value is -3.44. The van der Waals surface area contributed by atoms with Crippen LogP contribution in [0.5, 0.6) is 0 Å². The number of carboxylic acids is 1. The summed E-state index contributed by atoms with van der Waals surface area (Å²) in [5, 5.41) is 24.5. The minimum absolute atomic E-state index is 0.161. The highest BCUT2D eigenvalue weighted by atomic mass is 79.9. The number of nitrogens with zero attached hydrogens (tertiary/aromatic N) is 1. The molecule has 164 valence electrons. The molecular formula is C20H22BrN5O5. The molecule has 0 aromatic heterocycles. The van der Waals surface area contributed by atoms with Crippen LogP contribution >= 0.6 is 15.9 Å². The van der Waals surface area contributed by atoms with Gasteiger partial charge in [0.25, 0.3) is 5.91 Å². The highest BCUT2D eigenvalue weighted by molar-refractivity contribution is 9.10. The zero-order valence-electron chi connectivity index (χ0n) is 16.3. The number of aliphatic hydroxyl groups excluding tert-OH is 1. The number of hydrogen-bond acceptors (Lipinski definition) is 5. The first-order chi connectivity index (χ1) is 14.7. The molecule has 2 aromatic rings. The second-order valence-electron chi connectivity index (χ2n) is 6.54. The van der Waals surface area contributed by atoms with E-state index in [0.717, 1.165) is 4.47 Å². The Morgan fingerprint density at radius 3 is 2.39 bits per heavy atom. The van der Waals surface area contributed by atoms with Crippen molar-refractivity contribution in [1.82, 2.24) is 10.6 Å². The van der Waals surface area contributed by atoms with Crippen molar-refractivity contribution in [3.05, 3.63) is 64.1 Å². The Bertz CT molecular complexity index is 976. The molecule has 2 aromatic carbocycles. The van der Waals surface area contributed by atoms with E-state index < -0.39 is 42.9 Å². The van der Waals surface area contributed by atoms with Gasteiger partial charge in [-0.25, -0.2) is 4.99 Å². The molecule has 0 saturated carbocycles. The highest BCUT2D eigenvalue weighted by Gasteiger charge is 2.25. The lowest BCUT2D eigenvalue weighted by Crippen LogP contribution is -2.45. The monoisotopic (exact) mass is 491 g/mol. The first-order valence-corrected chi connectivity index (χ1v) is 9.87. The number of amides is 2. The lowest BCUT2D eigenvalue weighted by Gasteiger charge is -2.23. The topological polar surface area (TPSA) is 180 Å². The second kappa shape index (κ2) is 11.1. The van der Waals surface area contributed by atoms with Gasteiger partial charge in [0, 0.05) is 10.0 Å². The maximum Gasteiger partial charge on any atom is 0.305 e. The minimum atomic E-state index is -1.25. The number of aliphatic carboxylic acids is 1. The van der Waals surface area contributed by atoms with Gasteiger partial charge in [-0.2, -0.15) is 0 Å². The van der Waals surface area contributed by atoms with Crippen LogP contribution in [-0.2, 0) is 9.59 Å². The predicted molar refractivity (Wildman–Crippen MR) is 118 cm³/mol. The van der Waals surface area contributed by atoms with Gasteiger partial charge in [-0.1, -0.05) is 34.1 Å². The number of hydrogen-bond donors (Lipinski definition) is 6. The van der Waals surface area contributed by atoms with Crippen LogP contribution in [0.25, 0.3) is 0 Å². The number of benzene rings is 2. The Labute approximate surface area is 186 Å². The Balaban J connectivity index is 2.00. The van der Waals surface area contributed by atoms with Gasteiger partial charge in [0.15, 0.2) is 5.96 Å². The first kappa shape index (κ1) is 23.8. The number of carbonyl (C=O) groups is 3. The smallest absolute Gasteiger partial charge is 0.305 e. The van der Waals surface area contributed by atoms with Crippen molar-refractivity contribution in [1.29, 1.82) is 0 Å². The van der Waals surface area contributed by atoms with Crippen molar-refractivity contribution in [3.8, 4) is 0 Å². The van der Waals surface area contributed by atoms with Crippen LogP contribution in [0.1, 0.15) is 28.4 Å². The summed E-state index contributed by atoms with van der Waals surface area (Å²) in [6.07, 6.45) is -1.75. The molecule has 8 N–H and O–H groups in total. The third kappa shape index (κ3) is 7.72. The summed E-state index contributed by atoms with van der Waals surface area (Å²) in [5.41, 5.74) is 11.7. The van der Waals surface area contributed by atoms with Crippen LogP contribution in [0.15, 0.2) is 58.0 Å². The van der Waals surface area contributed by atoms with E-state index in [1.807, 2.05) is 0 Å². The van der Waals surface area contributed by atoms with Crippen molar-refractivity contribution in [2.75, 3.05) is 6.54 Å². The molecule has 0 fully saturated rings. The third-order valence-electron chi connectivity index (χ3n) is 4.11. The maximum absolute atomic E-state index is 12.3. The van der Waals surface area contributed by atoms with Gasteiger partial charge in [0.05, 0.1) is 30.8 Å². The lowest BCUT2D eigenvalue weighted by molar-refractivity contribution is -0.138. The van der Waals surface area contributed by atoms with Crippen LogP contribution in [0.2, 0.25) is 0 Å². The van der Waals surface area contributed by atoms with Gasteiger partial charge in [-0.15, -0.1) is 0 Å². The van der Waals surface area contributed by atoms with E-state index in [0.29, 0.717) is 11.3 Å². The number of aliphatic imine (C=N–C) groups is 1. The number of guanidine groups is 1. The van der Waals surface area contributed by atoms with Crippen molar-refractivity contribution in [2.24, 2.45) is 16.5 Å². The van der Waals surface area contributed by atoms with Crippen LogP contribution in [0.4, 0.5) is 5.69 Å². The molecule has 0 spiro atoms. The molecule has 0 heterocycles. The molecule has 0 saturated heterocycles. The molecule has 0 aliphatic carbocycles. The molecule has 10 nitrogen and oxygen atoms in total. The Morgan fingerprint density at radius 1 is 1.10 bits per heavy atom. The quantitative estimate of drug-likeness (QED) is 0.221. The summed E-state index contributed by atoms with van der Waals surface area (Å²) < 4.78 is 0.786. The fraction of sp³-hybridized carbons (Fsp3) is 0.200. The van der Waals surface area contributed by atoms with Crippen LogP contribution in [0.3, 0.4) is 0 Å². The predicted octanol–water partition coefficient (Wildman–Crippen LogP) is 0.777. The van der Waals surface area contributed by atoms with E-state index in [9.17, 15) is 19.5 Å². The summed E-state index contributed by atoms with van der Waals surface area (Å²) in [6.45, 7) is -0.422. The number of nitrogens with one attached hydrogen (secondary N) is 2. The van der Waals surface area contributed by atoms with Crippen LogP contribution in [0, 0.1) is 0 Å². The molecule has 2 unspecified atom stereocenters. The molecule has 2 amide bonds. The standard InChI is InChI=1S/C20H22BrN5O5/c21-13-6-4-11(5-7-13)18(30)15(9-17(28)29)26-16(27)10-24-19(31)12-2-1-3-14(8-12)25-20(22)23/h1-8,15,18,30H,9-10H2,(H,24,31)(H,26,27)(H,28,29)(H4,22,23,25). The summed E-state index contributed by atoms with van der Waals surface area (Å²) >= 11 is 3.28. The molecular weight excluding hydrogens is 470 g/mol. The zero-order valence-corrected chi connectivity index (χ0v) is 17.9. The second-order valence-corrected chi connectivity index (χ2v) is 7.45. The Morgan fingerprint density at radius 2 is 1.77 bits per heavy atom. The largest absolute Gasteiger partial charge is 0.481 e. The number of halogens is 1. The maximum atomic E-state index is 12.3. The van der Waals surface area contributed by atoms with E-state index in [-0.39, 0.29) is 11.5 Å². The van der Waals surface area contributed by atoms with Gasteiger partial charge in [-0.3, -0.25) is 14.4 Å². The summed E-state index contributed by atoms with van der Waals surface area (Å²) in [7, 11) is 0. The normalized spacial score (nSPS) is 12.3. The van der Waals surface area contributed by atoms with Gasteiger partial charge < -0.3 is 32.3 Å². The fourth-order valence-electron chi connectivity index (χ4n) is 2.71. The molecule has 31 heavy (non-hydrogen) atoms. The van der Waals surface area contributed by atoms with Crippen LogP contribution in [-0.4, -0.2) is 46.5 Å². The number of aliphatic hydroxyl groups is 1. The molecule has 11 heteroatoms. The molecule has 0 radical (unpaired) electrons. The van der Waals surface area contributed by atoms with E-state index in [1.54, 1.807) is 36.4 Å². The van der Waals surface area contributed by atoms with Gasteiger partial charge >= 0.3 is 5.97 Å².